The van der Waals surface area contributed by atoms with Gasteiger partial charge in [-0.15, -0.1) is 0 Å². The minimum atomic E-state index is -1.03. The van der Waals surface area contributed by atoms with Gasteiger partial charge in [0.25, 0.3) is 5.79 Å². The van der Waals surface area contributed by atoms with Gasteiger partial charge in [-0.25, -0.2) is 0 Å². The lowest BCUT2D eigenvalue weighted by Crippen LogP contribution is -2.14. The van der Waals surface area contributed by atoms with Crippen LogP contribution in [0, 0.1) is 0 Å². The Balaban J connectivity index is 2.23. The smallest absolute Gasteiger partial charge is 0.299 e. The largest absolute Gasteiger partial charge is 0.441 e. The molecule has 0 saturated carbocycles. The molecule has 2 aliphatic rings. The van der Waals surface area contributed by atoms with Crippen molar-refractivity contribution in [1.29, 1.82) is 0 Å². The minimum absolute atomic E-state index is 0.234. The first-order valence-electron chi connectivity index (χ1n) is 2.47. The fraction of sp³-hybridized carbons (Fsp3) is 0.400. The van der Waals surface area contributed by atoms with Crippen LogP contribution in [0.5, 0.6) is 0 Å². The van der Waals surface area contributed by atoms with E-state index in [-0.39, 0.29) is 11.3 Å². The molecule has 1 fully saturated rings. The molecule has 3 nitrogen and oxygen atoms in total. The summed E-state index contributed by atoms with van der Waals surface area (Å²) >= 11 is 5.41. The van der Waals surface area contributed by atoms with Gasteiger partial charge in [0.15, 0.2) is 17.6 Å². The maximum Gasteiger partial charge on any atom is 0.299 e. The molecule has 0 bridgehead atoms. The second-order valence-electron chi connectivity index (χ2n) is 1.95. The summed E-state index contributed by atoms with van der Waals surface area (Å²) in [6.45, 7) is 0. The number of hydrogen-bond acceptors (Lipinski definition) is 3. The number of aldehydes is 1. The van der Waals surface area contributed by atoms with Crippen molar-refractivity contribution in [3.8, 4) is 0 Å². The molecule has 0 radical (unpaired) electrons. The zero-order valence-corrected chi connectivity index (χ0v) is 5.09. The van der Waals surface area contributed by atoms with Crippen molar-refractivity contribution >= 4 is 17.9 Å². The second kappa shape index (κ2) is 1.30. The van der Waals surface area contributed by atoms with Gasteiger partial charge < -0.3 is 9.47 Å². The van der Waals surface area contributed by atoms with Crippen molar-refractivity contribution in [2.45, 2.75) is 11.9 Å². The zero-order valence-electron chi connectivity index (χ0n) is 4.33. The monoisotopic (exact) mass is 146 g/mol. The van der Waals surface area contributed by atoms with Crippen LogP contribution in [0.4, 0.5) is 0 Å². The highest BCUT2D eigenvalue weighted by molar-refractivity contribution is 6.28. The van der Waals surface area contributed by atoms with Gasteiger partial charge in [0, 0.05) is 6.08 Å². The van der Waals surface area contributed by atoms with Gasteiger partial charge in [0.1, 0.15) is 0 Å². The summed E-state index contributed by atoms with van der Waals surface area (Å²) in [4.78, 5) is 10.2. The highest BCUT2D eigenvalue weighted by Gasteiger charge is 2.63. The molecule has 0 N–H and O–H groups in total. The summed E-state index contributed by atoms with van der Waals surface area (Å²) in [7, 11) is 0. The molecular formula is C5H3ClO3. The Bertz CT molecular complexity index is 200. The van der Waals surface area contributed by atoms with Gasteiger partial charge >= 0.3 is 0 Å². The van der Waals surface area contributed by atoms with Crippen molar-refractivity contribution in [3.63, 3.8) is 0 Å². The number of fused-ring (bicyclic) bond motifs is 1. The van der Waals surface area contributed by atoms with Gasteiger partial charge in [-0.2, -0.15) is 0 Å². The van der Waals surface area contributed by atoms with E-state index in [1.165, 1.54) is 0 Å². The Morgan fingerprint density at radius 3 is 3.00 bits per heavy atom. The van der Waals surface area contributed by atoms with Gasteiger partial charge in [-0.3, -0.25) is 4.79 Å². The van der Waals surface area contributed by atoms with Crippen molar-refractivity contribution in [2.24, 2.45) is 0 Å². The first-order valence-corrected chi connectivity index (χ1v) is 2.85. The Kier molecular flexibility index (Phi) is 0.761. The Hall–Kier alpha value is -0.540. The second-order valence-corrected chi connectivity index (χ2v) is 2.32. The molecule has 0 aromatic rings. The Morgan fingerprint density at radius 2 is 2.67 bits per heavy atom. The highest BCUT2D eigenvalue weighted by atomic mass is 35.5. The molecule has 2 unspecified atom stereocenters. The van der Waals surface area contributed by atoms with E-state index in [1.807, 2.05) is 0 Å². The Morgan fingerprint density at radius 1 is 1.89 bits per heavy atom. The predicted octanol–water partition coefficient (Wildman–Crippen LogP) is 0.391. The third-order valence-corrected chi connectivity index (χ3v) is 1.56. The van der Waals surface area contributed by atoms with Crippen LogP contribution in [0.3, 0.4) is 0 Å². The summed E-state index contributed by atoms with van der Waals surface area (Å²) in [6.07, 6.45) is 1.95. The Labute approximate surface area is 56.2 Å². The van der Waals surface area contributed by atoms with Crippen molar-refractivity contribution in [2.75, 3.05) is 0 Å². The molecule has 2 aliphatic heterocycles. The standard InChI is InChI=1S/C5H3ClO3/c6-4-1-3-5(2-7,8-3)9-4/h1-3H. The number of epoxide rings is 1. The molecule has 0 aromatic heterocycles. The van der Waals surface area contributed by atoms with E-state index in [0.717, 1.165) is 0 Å². The maximum atomic E-state index is 10.2. The van der Waals surface area contributed by atoms with E-state index >= 15 is 0 Å². The first kappa shape index (κ1) is 5.26. The molecule has 2 rings (SSSR count). The molecule has 4 heteroatoms. The van der Waals surface area contributed by atoms with Crippen molar-refractivity contribution in [1.82, 2.24) is 0 Å². The first-order chi connectivity index (χ1) is 4.27. The lowest BCUT2D eigenvalue weighted by Gasteiger charge is -2.00. The fourth-order valence-corrected chi connectivity index (χ4v) is 1.06. The van der Waals surface area contributed by atoms with Crippen LogP contribution >= 0.6 is 11.6 Å². The molecule has 0 spiro atoms. The van der Waals surface area contributed by atoms with Crippen LogP contribution in [0.15, 0.2) is 11.3 Å². The quantitative estimate of drug-likeness (QED) is 0.397. The molecule has 1 saturated heterocycles. The number of halogens is 1. The topological polar surface area (TPSA) is 38.8 Å². The maximum absolute atomic E-state index is 10.2. The minimum Gasteiger partial charge on any atom is -0.441 e. The van der Waals surface area contributed by atoms with Gasteiger partial charge in [0.2, 0.25) is 0 Å². The average Bonchev–Trinajstić information content (AvgIpc) is 2.38. The molecule has 0 aromatic carbocycles. The van der Waals surface area contributed by atoms with Crippen LogP contribution < -0.4 is 0 Å². The van der Waals surface area contributed by atoms with Gasteiger partial charge in [0.05, 0.1) is 0 Å². The van der Waals surface area contributed by atoms with E-state index in [9.17, 15) is 4.79 Å². The van der Waals surface area contributed by atoms with E-state index in [4.69, 9.17) is 21.1 Å². The number of ether oxygens (including phenoxy) is 2. The number of hydrogen-bond donors (Lipinski definition) is 0. The molecule has 9 heavy (non-hydrogen) atoms. The molecule has 0 aliphatic carbocycles. The van der Waals surface area contributed by atoms with Crippen LogP contribution in [-0.2, 0) is 14.3 Å². The summed E-state index contributed by atoms with van der Waals surface area (Å²) in [5.41, 5.74) is 0. The lowest BCUT2D eigenvalue weighted by atomic mass is 10.3. The van der Waals surface area contributed by atoms with E-state index < -0.39 is 5.79 Å². The fourth-order valence-electron chi connectivity index (χ4n) is 0.821. The van der Waals surface area contributed by atoms with Gasteiger partial charge in [-0.1, -0.05) is 0 Å². The summed E-state index contributed by atoms with van der Waals surface area (Å²) < 4.78 is 9.62. The van der Waals surface area contributed by atoms with E-state index in [2.05, 4.69) is 0 Å². The SMILES string of the molecule is O=CC12OC(Cl)=CC1O2. The molecule has 2 atom stereocenters. The van der Waals surface area contributed by atoms with Crippen molar-refractivity contribution < 1.29 is 14.3 Å². The molecule has 0 amide bonds. The third-order valence-electron chi connectivity index (χ3n) is 1.35. The number of carbonyl (C=O) groups is 1. The predicted molar refractivity (Wildman–Crippen MR) is 28.7 cm³/mol. The normalized spacial score (nSPS) is 45.0. The lowest BCUT2D eigenvalue weighted by molar-refractivity contribution is -0.124. The molecule has 2 heterocycles. The van der Waals surface area contributed by atoms with Crippen LogP contribution in [0.1, 0.15) is 0 Å². The van der Waals surface area contributed by atoms with Crippen molar-refractivity contribution in [3.05, 3.63) is 11.3 Å². The van der Waals surface area contributed by atoms with Crippen LogP contribution in [0.2, 0.25) is 0 Å². The zero-order chi connectivity index (χ0) is 6.48. The third kappa shape index (κ3) is 0.531. The average molecular weight is 147 g/mol. The highest BCUT2D eigenvalue weighted by Crippen LogP contribution is 2.45. The molecular weight excluding hydrogens is 144 g/mol. The van der Waals surface area contributed by atoms with Crippen LogP contribution in [0.25, 0.3) is 0 Å². The van der Waals surface area contributed by atoms with E-state index in [1.54, 1.807) is 6.08 Å². The number of carbonyl (C=O) groups excluding carboxylic acids is 1. The van der Waals surface area contributed by atoms with Gasteiger partial charge in [-0.05, 0) is 11.6 Å². The summed E-state index contributed by atoms with van der Waals surface area (Å²) in [5.74, 6) is -1.03. The van der Waals surface area contributed by atoms with Crippen LogP contribution in [-0.4, -0.2) is 18.2 Å². The molecule has 48 valence electrons. The summed E-state index contributed by atoms with van der Waals surface area (Å²) in [6, 6.07) is 0. The summed E-state index contributed by atoms with van der Waals surface area (Å²) in [5, 5.41) is 0.248. The van der Waals surface area contributed by atoms with E-state index in [0.29, 0.717) is 6.29 Å². The number of rotatable bonds is 1.